The lowest BCUT2D eigenvalue weighted by Gasteiger charge is -2.42. The first kappa shape index (κ1) is 27.3. The van der Waals surface area contributed by atoms with Gasteiger partial charge in [0, 0.05) is 60.3 Å². The first-order chi connectivity index (χ1) is 18.0. The molecule has 2 aromatic carbocycles. The lowest BCUT2D eigenvalue weighted by Crippen LogP contribution is -2.47. The van der Waals surface area contributed by atoms with Gasteiger partial charge in [-0.2, -0.15) is 0 Å². The predicted molar refractivity (Wildman–Crippen MR) is 165 cm³/mol. The van der Waals surface area contributed by atoms with E-state index in [0.29, 0.717) is 0 Å². The number of furan rings is 1. The molecule has 0 fully saturated rings. The first-order valence-corrected chi connectivity index (χ1v) is 14.5. The van der Waals surface area contributed by atoms with Crippen molar-refractivity contribution in [3.8, 4) is 11.1 Å². The molecule has 3 heterocycles. The van der Waals surface area contributed by atoms with Crippen molar-refractivity contribution in [3.05, 3.63) is 90.5 Å². The molecule has 196 valence electrons. The number of pyridine rings is 1. The van der Waals surface area contributed by atoms with Crippen LogP contribution in [0.2, 0.25) is 0 Å². The van der Waals surface area contributed by atoms with Gasteiger partial charge in [0.1, 0.15) is 17.0 Å². The summed E-state index contributed by atoms with van der Waals surface area (Å²) in [5.74, 6) is -0.149. The van der Waals surface area contributed by atoms with Crippen LogP contribution in [-0.2, 0) is 11.2 Å². The average molecular weight is 736 g/mol. The lowest BCUT2D eigenvalue weighted by atomic mass is 9.87. The van der Waals surface area contributed by atoms with Crippen LogP contribution < -0.4 is 0 Å². The number of benzene rings is 2. The van der Waals surface area contributed by atoms with Crippen LogP contribution in [0.4, 0.5) is 4.39 Å². The summed E-state index contributed by atoms with van der Waals surface area (Å²) in [4.78, 5) is 17.5. The summed E-state index contributed by atoms with van der Waals surface area (Å²) in [5, 5.41) is 10.1. The van der Waals surface area contributed by atoms with Crippen molar-refractivity contribution in [2.75, 3.05) is 6.54 Å². The molecule has 4 aromatic rings. The number of hydrogen-bond donors (Lipinski definition) is 1. The number of hydrogen-bond acceptors (Lipinski definition) is 4. The molecule has 38 heavy (non-hydrogen) atoms. The minimum absolute atomic E-state index is 0.0727. The second-order valence-corrected chi connectivity index (χ2v) is 12.6. The van der Waals surface area contributed by atoms with Gasteiger partial charge in [-0.05, 0) is 120 Å². The molecule has 0 aliphatic carbocycles. The molecular formula is C30H27FI2N2O3. The van der Waals surface area contributed by atoms with Crippen molar-refractivity contribution in [2.45, 2.75) is 44.9 Å². The molecule has 0 radical (unpaired) electrons. The average Bonchev–Trinajstić information content (AvgIpc) is 3.21. The summed E-state index contributed by atoms with van der Waals surface area (Å²) in [6.07, 6.45) is 7.10. The molecule has 0 saturated heterocycles. The molecule has 0 amide bonds. The minimum atomic E-state index is -1.40. The number of rotatable bonds is 6. The highest BCUT2D eigenvalue weighted by Gasteiger charge is 2.41. The van der Waals surface area contributed by atoms with E-state index in [1.54, 1.807) is 26.1 Å². The molecular weight excluding hydrogens is 709 g/mol. The fourth-order valence-corrected chi connectivity index (χ4v) is 7.64. The summed E-state index contributed by atoms with van der Waals surface area (Å²) >= 11 is 4.60. The van der Waals surface area contributed by atoms with Crippen molar-refractivity contribution in [1.29, 1.82) is 0 Å². The topological polar surface area (TPSA) is 66.6 Å². The van der Waals surface area contributed by atoms with Gasteiger partial charge in [-0.3, -0.25) is 9.88 Å². The molecule has 5 nitrogen and oxygen atoms in total. The van der Waals surface area contributed by atoms with Crippen molar-refractivity contribution in [1.82, 2.24) is 9.88 Å². The van der Waals surface area contributed by atoms with Crippen LogP contribution in [-0.4, -0.2) is 39.2 Å². The standard InChI is InChI=1S/C30H27FI2N2O3/c1-17-11-22-21-14-19(20-5-4-10-34-15-20)7-8-25(21)38-29(22)28(35(17)16-30(2,3)31)27-23(32)12-18(13-24(27)33)6-9-26(36)37/h4-10,12-15,17,28H,11,16H2,1-3H3,(H,36,37)/b9-6+. The number of aliphatic carboxylic acids is 1. The quantitative estimate of drug-likeness (QED) is 0.161. The van der Waals surface area contributed by atoms with E-state index in [1.807, 2.05) is 42.6 Å². The maximum atomic E-state index is 15.2. The molecule has 1 aliphatic rings. The van der Waals surface area contributed by atoms with Gasteiger partial charge in [-0.1, -0.05) is 12.1 Å². The number of nitrogens with zero attached hydrogens (tertiary/aromatic N) is 2. The number of aromatic nitrogens is 1. The van der Waals surface area contributed by atoms with Gasteiger partial charge in [-0.25, -0.2) is 9.18 Å². The number of halogens is 3. The highest BCUT2D eigenvalue weighted by atomic mass is 127. The zero-order valence-corrected chi connectivity index (χ0v) is 25.5. The predicted octanol–water partition coefficient (Wildman–Crippen LogP) is 7.89. The van der Waals surface area contributed by atoms with Gasteiger partial charge in [0.15, 0.2) is 0 Å². The monoisotopic (exact) mass is 736 g/mol. The normalized spacial score (nSPS) is 18.3. The lowest BCUT2D eigenvalue weighted by molar-refractivity contribution is -0.131. The summed E-state index contributed by atoms with van der Waals surface area (Å²) in [5.41, 5.74) is 4.53. The molecule has 2 aromatic heterocycles. The Morgan fingerprint density at radius 3 is 2.58 bits per heavy atom. The molecule has 8 heteroatoms. The van der Waals surface area contributed by atoms with Crippen molar-refractivity contribution in [3.63, 3.8) is 0 Å². The van der Waals surface area contributed by atoms with Crippen LogP contribution in [0.5, 0.6) is 0 Å². The molecule has 1 aliphatic heterocycles. The van der Waals surface area contributed by atoms with Crippen LogP contribution in [0.1, 0.15) is 49.3 Å². The van der Waals surface area contributed by atoms with Crippen LogP contribution in [0, 0.1) is 7.14 Å². The van der Waals surface area contributed by atoms with E-state index in [0.717, 1.165) is 64.2 Å². The summed E-state index contributed by atoms with van der Waals surface area (Å²) in [7, 11) is 0. The third kappa shape index (κ3) is 5.53. The molecule has 0 saturated carbocycles. The molecule has 0 bridgehead atoms. The van der Waals surface area contributed by atoms with E-state index in [4.69, 9.17) is 9.52 Å². The zero-order chi connectivity index (χ0) is 27.2. The van der Waals surface area contributed by atoms with Crippen LogP contribution in [0.15, 0.2) is 65.4 Å². The molecule has 1 N–H and O–H groups in total. The largest absolute Gasteiger partial charge is 0.478 e. The Balaban J connectivity index is 1.69. The second-order valence-electron chi connectivity index (χ2n) is 10.3. The Morgan fingerprint density at radius 1 is 1.21 bits per heavy atom. The highest BCUT2D eigenvalue weighted by molar-refractivity contribution is 14.1. The van der Waals surface area contributed by atoms with E-state index in [2.05, 4.69) is 68.1 Å². The Hall–Kier alpha value is -2.31. The molecule has 2 unspecified atom stereocenters. The number of carbonyl (C=O) groups is 1. The van der Waals surface area contributed by atoms with Gasteiger partial charge < -0.3 is 9.52 Å². The van der Waals surface area contributed by atoms with Crippen LogP contribution >= 0.6 is 45.2 Å². The number of alkyl halides is 1. The SMILES string of the molecule is CC1Cc2c(oc3ccc(-c4cccnc4)cc23)C(c2c(I)cc(/C=C/C(=O)O)cc2I)N1CC(C)(C)F. The third-order valence-electron chi connectivity index (χ3n) is 6.81. The van der Waals surface area contributed by atoms with Crippen molar-refractivity contribution >= 4 is 68.2 Å². The fraction of sp³-hybridized carbons (Fsp3) is 0.267. The smallest absolute Gasteiger partial charge is 0.328 e. The molecule has 2 atom stereocenters. The Bertz CT molecular complexity index is 1520. The van der Waals surface area contributed by atoms with E-state index >= 15 is 4.39 Å². The van der Waals surface area contributed by atoms with Crippen LogP contribution in [0.3, 0.4) is 0 Å². The van der Waals surface area contributed by atoms with Gasteiger partial charge in [0.05, 0.1) is 6.04 Å². The van der Waals surface area contributed by atoms with Crippen LogP contribution in [0.25, 0.3) is 28.2 Å². The first-order valence-electron chi connectivity index (χ1n) is 12.3. The minimum Gasteiger partial charge on any atom is -0.478 e. The van der Waals surface area contributed by atoms with Gasteiger partial charge in [-0.15, -0.1) is 0 Å². The Kier molecular flexibility index (Phi) is 7.67. The highest BCUT2D eigenvalue weighted by Crippen LogP contribution is 2.46. The van der Waals surface area contributed by atoms with Gasteiger partial charge >= 0.3 is 5.97 Å². The third-order valence-corrected chi connectivity index (χ3v) is 8.60. The van der Waals surface area contributed by atoms with Crippen molar-refractivity contribution < 1.29 is 18.7 Å². The molecule has 5 rings (SSSR count). The summed E-state index contributed by atoms with van der Waals surface area (Å²) in [6, 6.07) is 13.9. The second kappa shape index (κ2) is 10.7. The Morgan fingerprint density at radius 2 is 1.95 bits per heavy atom. The van der Waals surface area contributed by atoms with E-state index in [1.165, 1.54) is 0 Å². The van der Waals surface area contributed by atoms with E-state index < -0.39 is 11.6 Å². The number of fused-ring (bicyclic) bond motifs is 3. The van der Waals surface area contributed by atoms with Gasteiger partial charge in [0.2, 0.25) is 0 Å². The maximum Gasteiger partial charge on any atom is 0.328 e. The van der Waals surface area contributed by atoms with Crippen molar-refractivity contribution in [2.24, 2.45) is 0 Å². The summed E-state index contributed by atoms with van der Waals surface area (Å²) in [6.45, 7) is 5.62. The van der Waals surface area contributed by atoms with Gasteiger partial charge in [0.25, 0.3) is 0 Å². The maximum absolute atomic E-state index is 15.2. The van der Waals surface area contributed by atoms with E-state index in [9.17, 15) is 4.79 Å². The number of carboxylic acid groups (broad SMARTS) is 1. The Labute approximate surface area is 248 Å². The zero-order valence-electron chi connectivity index (χ0n) is 21.2. The molecule has 0 spiro atoms. The van der Waals surface area contributed by atoms with E-state index in [-0.39, 0.29) is 18.6 Å². The number of carboxylic acids is 1. The fourth-order valence-electron chi connectivity index (χ4n) is 5.24. The summed E-state index contributed by atoms with van der Waals surface area (Å²) < 4.78 is 23.7.